The Hall–Kier alpha value is -2.08. The van der Waals surface area contributed by atoms with Crippen LogP contribution in [0.15, 0.2) is 22.6 Å². The van der Waals surface area contributed by atoms with Crippen molar-refractivity contribution >= 4 is 22.7 Å². The number of carbonyl (C=O) groups excluding carboxylic acids is 1. The summed E-state index contributed by atoms with van der Waals surface area (Å²) in [5, 5.41) is 2.71. The van der Waals surface area contributed by atoms with Crippen molar-refractivity contribution in [1.29, 1.82) is 0 Å². The molecule has 0 aliphatic carbocycles. The van der Waals surface area contributed by atoms with Crippen molar-refractivity contribution < 1.29 is 9.21 Å². The second-order valence-electron chi connectivity index (χ2n) is 5.08. The zero-order chi connectivity index (χ0) is 14.1. The number of amides is 1. The van der Waals surface area contributed by atoms with Gasteiger partial charge in [-0.3, -0.25) is 9.69 Å². The van der Waals surface area contributed by atoms with Crippen LogP contribution in [0.2, 0.25) is 0 Å². The van der Waals surface area contributed by atoms with Crippen molar-refractivity contribution in [3.8, 4) is 0 Å². The second kappa shape index (κ2) is 5.13. The molecule has 106 valence electrons. The Bertz CT molecular complexity index is 637. The monoisotopic (exact) mass is 274 g/mol. The van der Waals surface area contributed by atoms with Gasteiger partial charge in [0.1, 0.15) is 5.52 Å². The minimum absolute atomic E-state index is 0.0582. The second-order valence-corrected chi connectivity index (χ2v) is 5.08. The molecule has 1 saturated heterocycles. The average Bonchev–Trinajstić information content (AvgIpc) is 3.04. The van der Waals surface area contributed by atoms with E-state index in [1.54, 1.807) is 19.2 Å². The molecule has 1 aromatic heterocycles. The van der Waals surface area contributed by atoms with E-state index in [1.807, 2.05) is 6.07 Å². The van der Waals surface area contributed by atoms with Crippen LogP contribution < -0.4 is 11.1 Å². The molecule has 1 aliphatic heterocycles. The molecule has 2 heterocycles. The molecule has 6 heteroatoms. The first kappa shape index (κ1) is 12.9. The smallest absolute Gasteiger partial charge is 0.237 e. The first-order valence-corrected chi connectivity index (χ1v) is 6.78. The highest BCUT2D eigenvalue weighted by atomic mass is 16.3. The molecule has 1 aliphatic rings. The Morgan fingerprint density at radius 1 is 1.60 bits per heavy atom. The van der Waals surface area contributed by atoms with Gasteiger partial charge in [-0.25, -0.2) is 4.98 Å². The molecule has 0 saturated carbocycles. The summed E-state index contributed by atoms with van der Waals surface area (Å²) in [4.78, 5) is 18.4. The summed E-state index contributed by atoms with van der Waals surface area (Å²) >= 11 is 0. The lowest BCUT2D eigenvalue weighted by molar-refractivity contribution is -0.125. The maximum atomic E-state index is 11.8. The summed E-state index contributed by atoms with van der Waals surface area (Å²) in [6, 6.07) is 5.32. The van der Waals surface area contributed by atoms with Crippen molar-refractivity contribution in [2.24, 2.45) is 0 Å². The number of carbonyl (C=O) groups is 1. The molecule has 1 atom stereocenters. The van der Waals surface area contributed by atoms with Gasteiger partial charge in [-0.2, -0.15) is 0 Å². The summed E-state index contributed by atoms with van der Waals surface area (Å²) in [6.45, 7) is 1.44. The molecule has 2 aromatic rings. The van der Waals surface area contributed by atoms with Crippen LogP contribution in [0.4, 0.5) is 5.69 Å². The van der Waals surface area contributed by atoms with Gasteiger partial charge in [-0.15, -0.1) is 0 Å². The van der Waals surface area contributed by atoms with E-state index >= 15 is 0 Å². The molecule has 3 N–H and O–H groups in total. The maximum Gasteiger partial charge on any atom is 0.237 e. The largest absolute Gasteiger partial charge is 0.439 e. The normalized spacial score (nSPS) is 19.6. The number of fused-ring (bicyclic) bond motifs is 1. The topological polar surface area (TPSA) is 84.4 Å². The van der Waals surface area contributed by atoms with E-state index in [2.05, 4.69) is 15.2 Å². The van der Waals surface area contributed by atoms with Gasteiger partial charge >= 0.3 is 0 Å². The van der Waals surface area contributed by atoms with E-state index < -0.39 is 0 Å². The lowest BCUT2D eigenvalue weighted by Gasteiger charge is -2.21. The summed E-state index contributed by atoms with van der Waals surface area (Å²) in [5.74, 6) is 0.684. The van der Waals surface area contributed by atoms with Crippen LogP contribution in [0, 0.1) is 0 Å². The highest BCUT2D eigenvalue weighted by Gasteiger charge is 2.30. The number of rotatable bonds is 3. The lowest BCUT2D eigenvalue weighted by atomic mass is 10.2. The maximum absolute atomic E-state index is 11.8. The molecule has 3 rings (SSSR count). The Morgan fingerprint density at radius 3 is 3.25 bits per heavy atom. The number of anilines is 1. The molecule has 1 fully saturated rings. The van der Waals surface area contributed by atoms with Crippen LogP contribution in [0.1, 0.15) is 18.7 Å². The third-order valence-electron chi connectivity index (χ3n) is 3.71. The summed E-state index contributed by atoms with van der Waals surface area (Å²) in [7, 11) is 1.67. The number of benzene rings is 1. The highest BCUT2D eigenvalue weighted by molar-refractivity contribution is 5.81. The van der Waals surface area contributed by atoms with Crippen molar-refractivity contribution in [2.45, 2.75) is 25.4 Å². The third kappa shape index (κ3) is 2.34. The molecule has 6 nitrogen and oxygen atoms in total. The van der Waals surface area contributed by atoms with E-state index in [4.69, 9.17) is 10.2 Å². The number of nitrogens with one attached hydrogen (secondary N) is 1. The molecule has 1 aromatic carbocycles. The molecule has 0 spiro atoms. The van der Waals surface area contributed by atoms with Crippen molar-refractivity contribution in [2.75, 3.05) is 19.3 Å². The standard InChI is InChI=1S/C14H18N4O2/c1-16-14(19)11-3-2-6-18(11)8-13-17-10-7-9(15)4-5-12(10)20-13/h4-5,7,11H,2-3,6,8,15H2,1H3,(H,16,19). The number of likely N-dealkylation sites (tertiary alicyclic amines) is 1. The number of hydrogen-bond acceptors (Lipinski definition) is 5. The van der Waals surface area contributed by atoms with Gasteiger partial charge in [0.25, 0.3) is 0 Å². The number of nitrogens with zero attached hydrogens (tertiary/aromatic N) is 2. The van der Waals surface area contributed by atoms with E-state index in [-0.39, 0.29) is 11.9 Å². The molecule has 1 unspecified atom stereocenters. The first-order chi connectivity index (χ1) is 9.67. The van der Waals surface area contributed by atoms with Crippen LogP contribution >= 0.6 is 0 Å². The third-order valence-corrected chi connectivity index (χ3v) is 3.71. The van der Waals surface area contributed by atoms with Crippen molar-refractivity contribution in [1.82, 2.24) is 15.2 Å². The lowest BCUT2D eigenvalue weighted by Crippen LogP contribution is -2.41. The summed E-state index contributed by atoms with van der Waals surface area (Å²) < 4.78 is 5.71. The van der Waals surface area contributed by atoms with E-state index in [9.17, 15) is 4.79 Å². The zero-order valence-electron chi connectivity index (χ0n) is 11.4. The van der Waals surface area contributed by atoms with Crippen LogP contribution in [0.25, 0.3) is 11.1 Å². The molecule has 20 heavy (non-hydrogen) atoms. The highest BCUT2D eigenvalue weighted by Crippen LogP contribution is 2.23. The van der Waals surface area contributed by atoms with Gasteiger partial charge in [0.15, 0.2) is 5.58 Å². The quantitative estimate of drug-likeness (QED) is 0.819. The van der Waals surface area contributed by atoms with Crippen LogP contribution in [0.5, 0.6) is 0 Å². The summed E-state index contributed by atoms with van der Waals surface area (Å²) in [6.07, 6.45) is 1.90. The van der Waals surface area contributed by atoms with Gasteiger partial charge < -0.3 is 15.5 Å². The molecule has 0 bridgehead atoms. The number of nitrogen functional groups attached to an aromatic ring is 1. The Kier molecular flexibility index (Phi) is 3.31. The van der Waals surface area contributed by atoms with Crippen molar-refractivity contribution in [3.63, 3.8) is 0 Å². The molecular formula is C14H18N4O2. The first-order valence-electron chi connectivity index (χ1n) is 6.78. The predicted molar refractivity (Wildman–Crippen MR) is 75.9 cm³/mol. The van der Waals surface area contributed by atoms with Gasteiger partial charge in [-0.05, 0) is 37.6 Å². The number of nitrogens with two attached hydrogens (primary N) is 1. The summed E-state index contributed by atoms with van der Waals surface area (Å²) in [5.41, 5.74) is 7.89. The minimum atomic E-state index is -0.0833. The SMILES string of the molecule is CNC(=O)C1CCCN1Cc1nc2cc(N)ccc2o1. The van der Waals surface area contributed by atoms with Gasteiger partial charge in [0, 0.05) is 12.7 Å². The Morgan fingerprint density at radius 2 is 2.45 bits per heavy atom. The van der Waals surface area contributed by atoms with E-state index in [0.29, 0.717) is 18.1 Å². The van der Waals surface area contributed by atoms with Gasteiger partial charge in [0.05, 0.1) is 12.6 Å². The molecule has 1 amide bonds. The van der Waals surface area contributed by atoms with E-state index in [0.717, 1.165) is 30.5 Å². The molecule has 0 radical (unpaired) electrons. The fourth-order valence-corrected chi connectivity index (χ4v) is 2.71. The Balaban J connectivity index is 1.80. The molecular weight excluding hydrogens is 256 g/mol. The minimum Gasteiger partial charge on any atom is -0.439 e. The average molecular weight is 274 g/mol. The van der Waals surface area contributed by atoms with Gasteiger partial charge in [-0.1, -0.05) is 0 Å². The Labute approximate surface area is 116 Å². The number of hydrogen-bond donors (Lipinski definition) is 2. The number of likely N-dealkylation sites (N-methyl/N-ethyl adjacent to an activating group) is 1. The van der Waals surface area contributed by atoms with Crippen LogP contribution in [-0.4, -0.2) is 35.4 Å². The van der Waals surface area contributed by atoms with Crippen LogP contribution in [0.3, 0.4) is 0 Å². The fraction of sp³-hybridized carbons (Fsp3) is 0.429. The van der Waals surface area contributed by atoms with Crippen LogP contribution in [-0.2, 0) is 11.3 Å². The fourth-order valence-electron chi connectivity index (χ4n) is 2.71. The van der Waals surface area contributed by atoms with E-state index in [1.165, 1.54) is 0 Å². The number of aromatic nitrogens is 1. The van der Waals surface area contributed by atoms with Gasteiger partial charge in [0.2, 0.25) is 11.8 Å². The number of oxazole rings is 1. The predicted octanol–water partition coefficient (Wildman–Crippen LogP) is 1.12. The van der Waals surface area contributed by atoms with Crippen molar-refractivity contribution in [3.05, 3.63) is 24.1 Å². The zero-order valence-corrected chi connectivity index (χ0v) is 11.4.